The van der Waals surface area contributed by atoms with E-state index in [1.165, 1.54) is 80.9 Å². The van der Waals surface area contributed by atoms with E-state index in [4.69, 9.17) is 4.99 Å². The number of nitrogens with zero attached hydrogens (tertiary/aromatic N) is 1. The van der Waals surface area contributed by atoms with Crippen LogP contribution in [0.3, 0.4) is 0 Å². The summed E-state index contributed by atoms with van der Waals surface area (Å²) in [6, 6.07) is 0. The quantitative estimate of drug-likeness (QED) is 0.242. The molecule has 7 aliphatic carbocycles. The number of rotatable bonds is 5. The van der Waals surface area contributed by atoms with Crippen LogP contribution in [0, 0.1) is 29.6 Å². The average molecular weight is 614 g/mol. The largest absolute Gasteiger partial charge is 0.351 e. The molecule has 240 valence electrons. The van der Waals surface area contributed by atoms with Crippen molar-refractivity contribution in [1.29, 1.82) is 0 Å². The molecular weight excluding hydrogens is 562 g/mol. The van der Waals surface area contributed by atoms with E-state index in [1.54, 1.807) is 22.3 Å². The summed E-state index contributed by atoms with van der Waals surface area (Å²) in [4.78, 5) is 4.79. The molecule has 0 aromatic rings. The molecule has 9 rings (SSSR count). The second-order valence-corrected chi connectivity index (χ2v) is 15.2. The van der Waals surface area contributed by atoms with E-state index in [1.807, 2.05) is 6.34 Å². The molecule has 5 nitrogen and oxygen atoms in total. The smallest absolute Gasteiger partial charge is 0.143 e. The lowest BCUT2D eigenvalue weighted by atomic mass is 9.60. The van der Waals surface area contributed by atoms with Crippen LogP contribution in [0.15, 0.2) is 111 Å². The normalized spacial score (nSPS) is 39.8. The third kappa shape index (κ3) is 5.33. The molecule has 2 heterocycles. The van der Waals surface area contributed by atoms with E-state index >= 15 is 0 Å². The molecule has 1 saturated heterocycles. The standard InChI is InChI=1S/C41H51N5/c1-3-11-26(12-4-1)38-44-39(27-13-5-2-6-14-27)46-40(45-38)29-20-22-35(41-42-25-43-41)36(24-29)28-19-21-34-32-17-8-7-15-30(32)31-16-9-10-18-33(31)37(34)23-28/h3,5,7-8,11-13,15,17,20,22,25,27-28,30,32,36,38-41,44-46H,1-2,4,6,9-10,14,16,18-19,21,23-24H2,(H,42,43). The lowest BCUT2D eigenvalue weighted by Crippen LogP contribution is -2.69. The Kier molecular flexibility index (Phi) is 7.96. The first-order valence-corrected chi connectivity index (χ1v) is 18.6. The molecule has 0 radical (unpaired) electrons. The van der Waals surface area contributed by atoms with Crippen molar-refractivity contribution < 1.29 is 0 Å². The molecule has 9 atom stereocenters. The van der Waals surface area contributed by atoms with Crippen LogP contribution >= 0.6 is 0 Å². The Morgan fingerprint density at radius 1 is 0.717 bits per heavy atom. The molecule has 9 unspecified atom stereocenters. The fourth-order valence-electron chi connectivity index (χ4n) is 10.3. The van der Waals surface area contributed by atoms with E-state index in [0.717, 1.165) is 19.3 Å². The Morgan fingerprint density at radius 3 is 2.35 bits per heavy atom. The second-order valence-electron chi connectivity index (χ2n) is 15.2. The van der Waals surface area contributed by atoms with Crippen LogP contribution in [0.4, 0.5) is 0 Å². The van der Waals surface area contributed by atoms with Crippen molar-refractivity contribution in [3.05, 3.63) is 106 Å². The summed E-state index contributed by atoms with van der Waals surface area (Å²) < 4.78 is 0. The lowest BCUT2D eigenvalue weighted by molar-refractivity contribution is 0.189. The van der Waals surface area contributed by atoms with Crippen LogP contribution in [0.2, 0.25) is 0 Å². The molecule has 9 aliphatic rings. The van der Waals surface area contributed by atoms with Gasteiger partial charge in [0.15, 0.2) is 0 Å². The van der Waals surface area contributed by atoms with Gasteiger partial charge in [0.1, 0.15) is 6.17 Å². The summed E-state index contributed by atoms with van der Waals surface area (Å²) >= 11 is 0. The summed E-state index contributed by atoms with van der Waals surface area (Å²) in [6.07, 6.45) is 45.4. The zero-order valence-corrected chi connectivity index (χ0v) is 27.3. The van der Waals surface area contributed by atoms with Gasteiger partial charge in [-0.15, -0.1) is 0 Å². The van der Waals surface area contributed by atoms with Gasteiger partial charge in [0, 0.05) is 17.8 Å². The van der Waals surface area contributed by atoms with Gasteiger partial charge in [0.2, 0.25) is 0 Å². The van der Waals surface area contributed by atoms with Crippen molar-refractivity contribution in [2.75, 3.05) is 0 Å². The van der Waals surface area contributed by atoms with Gasteiger partial charge in [-0.3, -0.25) is 16.0 Å². The number of hydrogen-bond donors (Lipinski definition) is 4. The minimum absolute atomic E-state index is 0.143. The van der Waals surface area contributed by atoms with Crippen molar-refractivity contribution in [2.24, 2.45) is 34.6 Å². The molecular formula is C41H51N5. The molecule has 0 bridgehead atoms. The Hall–Kier alpha value is -2.99. The minimum atomic E-state index is 0.143. The van der Waals surface area contributed by atoms with E-state index in [2.05, 4.69) is 88.1 Å². The van der Waals surface area contributed by atoms with Gasteiger partial charge in [-0.25, -0.2) is 4.99 Å². The monoisotopic (exact) mass is 613 g/mol. The first-order valence-electron chi connectivity index (χ1n) is 18.6. The van der Waals surface area contributed by atoms with E-state index < -0.39 is 0 Å². The molecule has 0 spiro atoms. The highest BCUT2D eigenvalue weighted by Crippen LogP contribution is 2.54. The highest BCUT2D eigenvalue weighted by atomic mass is 15.4. The zero-order chi connectivity index (χ0) is 30.5. The van der Waals surface area contributed by atoms with Gasteiger partial charge in [0.25, 0.3) is 0 Å². The van der Waals surface area contributed by atoms with Crippen molar-refractivity contribution in [2.45, 2.75) is 108 Å². The van der Waals surface area contributed by atoms with Gasteiger partial charge < -0.3 is 5.32 Å². The van der Waals surface area contributed by atoms with Crippen molar-refractivity contribution in [1.82, 2.24) is 21.3 Å². The molecule has 1 fully saturated rings. The number of aliphatic imine (C=N–C) groups is 1. The van der Waals surface area contributed by atoms with Gasteiger partial charge in [-0.05, 0) is 123 Å². The van der Waals surface area contributed by atoms with Crippen LogP contribution in [-0.4, -0.2) is 31.0 Å². The predicted molar refractivity (Wildman–Crippen MR) is 189 cm³/mol. The maximum Gasteiger partial charge on any atom is 0.143 e. The van der Waals surface area contributed by atoms with Crippen LogP contribution in [0.5, 0.6) is 0 Å². The number of nitrogens with one attached hydrogen (secondary N) is 4. The third-order valence-corrected chi connectivity index (χ3v) is 12.6. The highest BCUT2D eigenvalue weighted by molar-refractivity contribution is 5.63. The fourth-order valence-corrected chi connectivity index (χ4v) is 10.3. The van der Waals surface area contributed by atoms with Crippen LogP contribution in [0.25, 0.3) is 0 Å². The minimum Gasteiger partial charge on any atom is -0.351 e. The average Bonchev–Trinajstić information content (AvgIpc) is 3.11. The van der Waals surface area contributed by atoms with Gasteiger partial charge in [0.05, 0.1) is 24.8 Å². The van der Waals surface area contributed by atoms with Crippen molar-refractivity contribution >= 4 is 6.34 Å². The number of allylic oxidation sites excluding steroid dienone is 13. The van der Waals surface area contributed by atoms with E-state index in [0.29, 0.717) is 29.6 Å². The fraction of sp³-hybridized carbons (Fsp3) is 0.537. The predicted octanol–water partition coefficient (Wildman–Crippen LogP) is 7.55. The van der Waals surface area contributed by atoms with Crippen molar-refractivity contribution in [3.8, 4) is 0 Å². The van der Waals surface area contributed by atoms with E-state index in [9.17, 15) is 0 Å². The second kappa shape index (κ2) is 12.6. The summed E-state index contributed by atoms with van der Waals surface area (Å²) in [5, 5.41) is 15.6. The highest BCUT2D eigenvalue weighted by Gasteiger charge is 2.43. The molecule has 0 aromatic heterocycles. The Bertz CT molecular complexity index is 1540. The molecule has 2 aliphatic heterocycles. The first-order chi connectivity index (χ1) is 22.8. The number of fused-ring (bicyclic) bond motifs is 4. The molecule has 5 heteroatoms. The SMILES string of the molecule is C1=CC2C3=C(CCCC3)C3=C(CCC(C4CC(C5NC(C6=CCCC=C6)NC(C6C=CCCC6)N5)=CC=C4C4N=CN4)C3)C2C=C1. The van der Waals surface area contributed by atoms with Crippen molar-refractivity contribution in [3.63, 3.8) is 0 Å². The zero-order valence-electron chi connectivity index (χ0n) is 27.3. The van der Waals surface area contributed by atoms with Crippen LogP contribution in [0.1, 0.15) is 83.5 Å². The maximum absolute atomic E-state index is 4.79. The van der Waals surface area contributed by atoms with Crippen LogP contribution < -0.4 is 21.3 Å². The summed E-state index contributed by atoms with van der Waals surface area (Å²) in [5.41, 5.74) is 11.5. The molecule has 46 heavy (non-hydrogen) atoms. The van der Waals surface area contributed by atoms with Gasteiger partial charge in [-0.2, -0.15) is 0 Å². The Balaban J connectivity index is 1.01. The van der Waals surface area contributed by atoms with E-state index in [-0.39, 0.29) is 24.7 Å². The number of hydrogen-bond acceptors (Lipinski definition) is 5. The lowest BCUT2D eigenvalue weighted by Gasteiger charge is -2.47. The molecule has 4 N–H and O–H groups in total. The summed E-state index contributed by atoms with van der Waals surface area (Å²) in [6.45, 7) is 0. The molecule has 0 aromatic carbocycles. The maximum atomic E-state index is 4.79. The Morgan fingerprint density at radius 2 is 1.57 bits per heavy atom. The third-order valence-electron chi connectivity index (χ3n) is 12.6. The molecule has 0 saturated carbocycles. The van der Waals surface area contributed by atoms with Gasteiger partial charge in [-0.1, -0.05) is 78.0 Å². The van der Waals surface area contributed by atoms with Crippen LogP contribution in [-0.2, 0) is 0 Å². The first kappa shape index (κ1) is 29.2. The summed E-state index contributed by atoms with van der Waals surface area (Å²) in [7, 11) is 0. The molecule has 0 amide bonds. The topological polar surface area (TPSA) is 60.5 Å². The van der Waals surface area contributed by atoms with Gasteiger partial charge >= 0.3 is 0 Å². The summed E-state index contributed by atoms with van der Waals surface area (Å²) in [5.74, 6) is 2.90. The Labute approximate surface area is 275 Å².